The average molecular weight is 547 g/mol. The first kappa shape index (κ1) is 28.3. The summed E-state index contributed by atoms with van der Waals surface area (Å²) in [6, 6.07) is 19.1. The molecule has 0 fully saturated rings. The van der Waals surface area contributed by atoms with Gasteiger partial charge in [0.15, 0.2) is 15.4 Å². The molecular weight excluding hydrogens is 516 g/mol. The second kappa shape index (κ2) is 13.4. The highest BCUT2D eigenvalue weighted by Gasteiger charge is 2.12. The van der Waals surface area contributed by atoms with E-state index in [9.17, 15) is 13.2 Å². The van der Waals surface area contributed by atoms with Crippen LogP contribution >= 0.6 is 11.6 Å². The number of halogens is 1. The normalized spacial score (nSPS) is 12.0. The van der Waals surface area contributed by atoms with E-state index >= 15 is 0 Å². The summed E-state index contributed by atoms with van der Waals surface area (Å²) >= 11 is 6.37. The van der Waals surface area contributed by atoms with Gasteiger partial charge in [-0.25, -0.2) is 8.42 Å². The van der Waals surface area contributed by atoms with E-state index in [1.807, 2.05) is 18.2 Å². The first-order chi connectivity index (χ1) is 17.7. The van der Waals surface area contributed by atoms with E-state index in [1.54, 1.807) is 36.4 Å². The predicted molar refractivity (Wildman–Crippen MR) is 143 cm³/mol. The molecule has 0 N–H and O–H groups in total. The lowest BCUT2D eigenvalue weighted by Crippen LogP contribution is -2.14. The molecule has 0 aliphatic carbocycles. The van der Waals surface area contributed by atoms with Gasteiger partial charge in [0.2, 0.25) is 0 Å². The Hall–Kier alpha value is -3.23. The number of hydrogen-bond acceptors (Lipinski definition) is 7. The number of carbonyl (C=O) groups is 1. The second-order valence-corrected chi connectivity index (χ2v) is 10.9. The maximum Gasteiger partial charge on any atom is 0.309 e. The molecule has 0 aliphatic rings. The Balaban J connectivity index is 1.57. The molecular formula is C28H31ClO7S. The summed E-state index contributed by atoms with van der Waals surface area (Å²) in [4.78, 5) is 11.7. The van der Waals surface area contributed by atoms with E-state index in [1.165, 1.54) is 25.5 Å². The van der Waals surface area contributed by atoms with Gasteiger partial charge >= 0.3 is 5.97 Å². The van der Waals surface area contributed by atoms with Crippen LogP contribution in [0.5, 0.6) is 23.0 Å². The van der Waals surface area contributed by atoms with Crippen molar-refractivity contribution in [1.82, 2.24) is 0 Å². The number of benzene rings is 3. The Bertz CT molecular complexity index is 1290. The number of hydrogen-bond donors (Lipinski definition) is 0. The maximum absolute atomic E-state index is 11.6. The number of aryl methyl sites for hydroxylation is 1. The van der Waals surface area contributed by atoms with Gasteiger partial charge in [0.05, 0.1) is 25.0 Å². The van der Waals surface area contributed by atoms with Crippen molar-refractivity contribution in [3.05, 3.63) is 77.9 Å². The van der Waals surface area contributed by atoms with Gasteiger partial charge in [0, 0.05) is 12.7 Å². The Morgan fingerprint density at radius 1 is 0.973 bits per heavy atom. The van der Waals surface area contributed by atoms with Crippen LogP contribution in [0.15, 0.2) is 71.6 Å². The fraction of sp³-hybridized carbons (Fsp3) is 0.321. The third-order valence-electron chi connectivity index (χ3n) is 5.38. The number of sulfone groups is 1. The highest BCUT2D eigenvalue weighted by Crippen LogP contribution is 2.30. The van der Waals surface area contributed by atoms with E-state index < -0.39 is 15.4 Å². The number of esters is 1. The van der Waals surface area contributed by atoms with Crippen molar-refractivity contribution < 1.29 is 32.2 Å². The zero-order valence-electron chi connectivity index (χ0n) is 21.1. The van der Waals surface area contributed by atoms with Crippen LogP contribution in [0.4, 0.5) is 0 Å². The van der Waals surface area contributed by atoms with Crippen LogP contribution in [0, 0.1) is 0 Å². The maximum atomic E-state index is 11.6. The summed E-state index contributed by atoms with van der Waals surface area (Å²) < 4.78 is 45.7. The van der Waals surface area contributed by atoms with Crippen molar-refractivity contribution in [2.45, 2.75) is 43.1 Å². The molecule has 1 unspecified atom stereocenters. The van der Waals surface area contributed by atoms with E-state index in [0.29, 0.717) is 30.3 Å². The highest BCUT2D eigenvalue weighted by atomic mass is 35.5. The largest absolute Gasteiger partial charge is 0.493 e. The van der Waals surface area contributed by atoms with Gasteiger partial charge in [-0.15, -0.1) is 0 Å². The third kappa shape index (κ3) is 8.98. The number of ether oxygens (including phenoxy) is 4. The quantitative estimate of drug-likeness (QED) is 0.193. The van der Waals surface area contributed by atoms with Gasteiger partial charge < -0.3 is 18.9 Å². The predicted octanol–water partition coefficient (Wildman–Crippen LogP) is 5.96. The topological polar surface area (TPSA) is 88.1 Å². The van der Waals surface area contributed by atoms with Crippen LogP contribution in [0.25, 0.3) is 0 Å². The van der Waals surface area contributed by atoms with Crippen molar-refractivity contribution in [1.29, 1.82) is 0 Å². The molecule has 0 spiro atoms. The van der Waals surface area contributed by atoms with Gasteiger partial charge in [-0.2, -0.15) is 0 Å². The zero-order chi connectivity index (χ0) is 26.8. The highest BCUT2D eigenvalue weighted by molar-refractivity contribution is 7.90. The minimum atomic E-state index is -3.26. The molecule has 0 heterocycles. The zero-order valence-corrected chi connectivity index (χ0v) is 22.7. The van der Waals surface area contributed by atoms with Gasteiger partial charge in [-0.3, -0.25) is 4.79 Å². The standard InChI is InChI=1S/C28H31ClO7S/c1-4-6-21-19-24(35-22-9-12-25(13-10-22)37(3,31)32)11-14-26(21)34-16-15-27(29)36-23-8-5-7-20(17-23)18-28(30)33-2/h5,7-14,17,19,27H,4,6,15-16,18H2,1-3H3. The van der Waals surface area contributed by atoms with Crippen LogP contribution in [-0.4, -0.2) is 39.9 Å². The lowest BCUT2D eigenvalue weighted by molar-refractivity contribution is -0.139. The van der Waals surface area contributed by atoms with Crippen molar-refractivity contribution in [2.75, 3.05) is 20.0 Å². The minimum absolute atomic E-state index is 0.162. The lowest BCUT2D eigenvalue weighted by Gasteiger charge is -2.16. The summed E-state index contributed by atoms with van der Waals surface area (Å²) in [5, 5.41) is 0. The second-order valence-electron chi connectivity index (χ2n) is 8.43. The number of alkyl halides is 1. The van der Waals surface area contributed by atoms with Gasteiger partial charge in [-0.1, -0.05) is 37.1 Å². The Morgan fingerprint density at radius 3 is 2.38 bits per heavy atom. The van der Waals surface area contributed by atoms with Crippen LogP contribution in [0.1, 0.15) is 30.9 Å². The molecule has 3 rings (SSSR count). The Labute approximate surface area is 223 Å². The first-order valence-corrected chi connectivity index (χ1v) is 14.2. The monoisotopic (exact) mass is 546 g/mol. The molecule has 3 aromatic carbocycles. The fourth-order valence-corrected chi connectivity index (χ4v) is 4.37. The molecule has 198 valence electrons. The van der Waals surface area contributed by atoms with E-state index in [-0.39, 0.29) is 17.3 Å². The lowest BCUT2D eigenvalue weighted by atomic mass is 10.1. The Kier molecular flexibility index (Phi) is 10.2. The van der Waals surface area contributed by atoms with E-state index in [0.717, 1.165) is 29.7 Å². The van der Waals surface area contributed by atoms with Crippen molar-refractivity contribution in [2.24, 2.45) is 0 Å². The van der Waals surface area contributed by atoms with E-state index in [2.05, 4.69) is 6.92 Å². The van der Waals surface area contributed by atoms with Crippen LogP contribution in [-0.2, 0) is 32.2 Å². The van der Waals surface area contributed by atoms with Gasteiger partial charge in [0.25, 0.3) is 0 Å². The molecule has 3 aromatic rings. The van der Waals surface area contributed by atoms with E-state index in [4.69, 9.17) is 30.5 Å². The summed E-state index contributed by atoms with van der Waals surface area (Å²) in [5.41, 5.74) is 1.16. The van der Waals surface area contributed by atoms with Crippen molar-refractivity contribution in [3.63, 3.8) is 0 Å². The summed E-state index contributed by atoms with van der Waals surface area (Å²) in [7, 11) is -1.91. The number of methoxy groups -OCH3 is 1. The molecule has 1 atom stereocenters. The number of rotatable bonds is 13. The van der Waals surface area contributed by atoms with Crippen molar-refractivity contribution in [3.8, 4) is 23.0 Å². The molecule has 0 saturated carbocycles. The van der Waals surface area contributed by atoms with Crippen LogP contribution < -0.4 is 14.2 Å². The molecule has 0 aliphatic heterocycles. The van der Waals surface area contributed by atoms with Gasteiger partial charge in [-0.05, 0) is 72.1 Å². The van der Waals surface area contributed by atoms with Gasteiger partial charge in [0.1, 0.15) is 23.0 Å². The third-order valence-corrected chi connectivity index (χ3v) is 6.82. The molecule has 0 radical (unpaired) electrons. The summed E-state index contributed by atoms with van der Waals surface area (Å²) in [6.07, 6.45) is 3.50. The smallest absolute Gasteiger partial charge is 0.309 e. The Morgan fingerprint density at radius 2 is 1.70 bits per heavy atom. The average Bonchev–Trinajstić information content (AvgIpc) is 2.85. The summed E-state index contributed by atoms with van der Waals surface area (Å²) in [5.74, 6) is 2.16. The van der Waals surface area contributed by atoms with Crippen LogP contribution in [0.3, 0.4) is 0 Å². The SMILES string of the molecule is CCCc1cc(Oc2ccc(S(C)(=O)=O)cc2)ccc1OCCC(Cl)Oc1cccc(CC(=O)OC)c1. The summed E-state index contributed by atoms with van der Waals surface area (Å²) in [6.45, 7) is 2.43. The fourth-order valence-electron chi connectivity index (χ4n) is 3.55. The van der Waals surface area contributed by atoms with Crippen LogP contribution in [0.2, 0.25) is 0 Å². The molecule has 0 saturated heterocycles. The molecule has 7 nitrogen and oxygen atoms in total. The molecule has 0 bridgehead atoms. The number of carbonyl (C=O) groups excluding carboxylic acids is 1. The minimum Gasteiger partial charge on any atom is -0.493 e. The van der Waals surface area contributed by atoms with Crippen molar-refractivity contribution >= 4 is 27.4 Å². The molecule has 37 heavy (non-hydrogen) atoms. The molecule has 0 aromatic heterocycles. The first-order valence-electron chi connectivity index (χ1n) is 11.9. The molecule has 9 heteroatoms. The molecule has 0 amide bonds.